The summed E-state index contributed by atoms with van der Waals surface area (Å²) < 4.78 is 0. The Balaban J connectivity index is 1.60. The van der Waals surface area contributed by atoms with E-state index in [1.54, 1.807) is 0 Å². The highest BCUT2D eigenvalue weighted by atomic mass is 16.2. The van der Waals surface area contributed by atoms with Gasteiger partial charge in [-0.1, -0.05) is 6.08 Å². The van der Waals surface area contributed by atoms with Crippen molar-refractivity contribution in [2.75, 3.05) is 13.1 Å². The molecule has 0 aromatic rings. The lowest BCUT2D eigenvalue weighted by molar-refractivity contribution is -0.126. The number of carbonyl (C=O) groups excluding carboxylic acids is 1. The van der Waals surface area contributed by atoms with Crippen LogP contribution in [0.15, 0.2) is 11.6 Å². The standard InChI is InChI=1S/C13H19NO/c15-13(11-3-1-2-4-11)14-8-7-12(9-14)10-5-6-10/h3,10,12H,1-2,4-9H2. The molecule has 2 aliphatic carbocycles. The second-order valence-electron chi connectivity index (χ2n) is 5.26. The van der Waals surface area contributed by atoms with Crippen LogP contribution in [0.4, 0.5) is 0 Å². The van der Waals surface area contributed by atoms with Crippen LogP contribution in [0.3, 0.4) is 0 Å². The number of rotatable bonds is 2. The summed E-state index contributed by atoms with van der Waals surface area (Å²) in [5.74, 6) is 2.13. The highest BCUT2D eigenvalue weighted by molar-refractivity contribution is 5.94. The van der Waals surface area contributed by atoms with E-state index < -0.39 is 0 Å². The van der Waals surface area contributed by atoms with Crippen molar-refractivity contribution in [3.8, 4) is 0 Å². The van der Waals surface area contributed by atoms with Crippen LogP contribution in [-0.4, -0.2) is 23.9 Å². The van der Waals surface area contributed by atoms with Gasteiger partial charge in [-0.3, -0.25) is 4.79 Å². The van der Waals surface area contributed by atoms with Gasteiger partial charge in [-0.15, -0.1) is 0 Å². The Hall–Kier alpha value is -0.790. The third-order valence-corrected chi connectivity index (χ3v) is 4.12. The summed E-state index contributed by atoms with van der Waals surface area (Å²) in [5.41, 5.74) is 1.09. The molecule has 1 heterocycles. The van der Waals surface area contributed by atoms with Gasteiger partial charge >= 0.3 is 0 Å². The molecule has 0 radical (unpaired) electrons. The van der Waals surface area contributed by atoms with E-state index in [1.807, 2.05) is 0 Å². The number of carbonyl (C=O) groups is 1. The van der Waals surface area contributed by atoms with Gasteiger partial charge in [0, 0.05) is 18.7 Å². The number of allylic oxidation sites excluding steroid dienone is 1. The van der Waals surface area contributed by atoms with Crippen molar-refractivity contribution in [2.24, 2.45) is 11.8 Å². The maximum absolute atomic E-state index is 12.1. The third-order valence-electron chi connectivity index (χ3n) is 4.12. The van der Waals surface area contributed by atoms with Gasteiger partial charge < -0.3 is 4.90 Å². The zero-order chi connectivity index (χ0) is 10.3. The van der Waals surface area contributed by atoms with Crippen LogP contribution in [-0.2, 0) is 4.79 Å². The van der Waals surface area contributed by atoms with Crippen molar-refractivity contribution < 1.29 is 4.79 Å². The lowest BCUT2D eigenvalue weighted by atomic mass is 10.0. The molecule has 2 fully saturated rings. The maximum Gasteiger partial charge on any atom is 0.249 e. The first-order chi connectivity index (χ1) is 7.34. The van der Waals surface area contributed by atoms with E-state index >= 15 is 0 Å². The summed E-state index contributed by atoms with van der Waals surface area (Å²) in [6.07, 6.45) is 9.53. The molecule has 15 heavy (non-hydrogen) atoms. The molecule has 3 rings (SSSR count). The number of hydrogen-bond acceptors (Lipinski definition) is 1. The second kappa shape index (κ2) is 3.66. The Bertz CT molecular complexity index is 304. The zero-order valence-electron chi connectivity index (χ0n) is 9.24. The van der Waals surface area contributed by atoms with Crippen molar-refractivity contribution >= 4 is 5.91 Å². The number of likely N-dealkylation sites (tertiary alicyclic amines) is 1. The molecule has 1 saturated carbocycles. The molecular formula is C13H19NO. The second-order valence-corrected chi connectivity index (χ2v) is 5.26. The minimum absolute atomic E-state index is 0.343. The van der Waals surface area contributed by atoms with E-state index in [4.69, 9.17) is 0 Å². The van der Waals surface area contributed by atoms with Crippen molar-refractivity contribution in [1.82, 2.24) is 4.90 Å². The normalized spacial score (nSPS) is 30.8. The van der Waals surface area contributed by atoms with Crippen molar-refractivity contribution in [3.63, 3.8) is 0 Å². The highest BCUT2D eigenvalue weighted by Gasteiger charge is 2.37. The Morgan fingerprint density at radius 1 is 1.27 bits per heavy atom. The Labute approximate surface area is 91.3 Å². The molecule has 2 heteroatoms. The van der Waals surface area contributed by atoms with Crippen LogP contribution in [0.1, 0.15) is 38.5 Å². The number of amides is 1. The summed E-state index contributed by atoms with van der Waals surface area (Å²) in [5, 5.41) is 0. The van der Waals surface area contributed by atoms with Crippen LogP contribution < -0.4 is 0 Å². The van der Waals surface area contributed by atoms with Gasteiger partial charge in [-0.05, 0) is 50.4 Å². The lowest BCUT2D eigenvalue weighted by Gasteiger charge is -2.17. The molecule has 1 saturated heterocycles. The molecule has 0 N–H and O–H groups in total. The monoisotopic (exact) mass is 205 g/mol. The van der Waals surface area contributed by atoms with Crippen LogP contribution in [0.25, 0.3) is 0 Å². The predicted molar refractivity (Wildman–Crippen MR) is 59.3 cm³/mol. The largest absolute Gasteiger partial charge is 0.339 e. The predicted octanol–water partition coefficient (Wildman–Crippen LogP) is 2.36. The summed E-state index contributed by atoms with van der Waals surface area (Å²) in [6, 6.07) is 0. The molecular weight excluding hydrogens is 186 g/mol. The van der Waals surface area contributed by atoms with E-state index in [0.717, 1.165) is 43.3 Å². The lowest BCUT2D eigenvalue weighted by Crippen LogP contribution is -2.29. The average Bonchev–Trinajstić information content (AvgIpc) is 2.83. The molecule has 2 nitrogen and oxygen atoms in total. The van der Waals surface area contributed by atoms with E-state index in [0.29, 0.717) is 5.91 Å². The Kier molecular flexibility index (Phi) is 2.30. The van der Waals surface area contributed by atoms with E-state index in [2.05, 4.69) is 11.0 Å². The quantitative estimate of drug-likeness (QED) is 0.677. The molecule has 1 aliphatic heterocycles. The van der Waals surface area contributed by atoms with Gasteiger partial charge in [0.1, 0.15) is 0 Å². The van der Waals surface area contributed by atoms with Gasteiger partial charge in [0.25, 0.3) is 0 Å². The first kappa shape index (κ1) is 9.44. The molecule has 3 aliphatic rings. The van der Waals surface area contributed by atoms with Crippen LogP contribution in [0.5, 0.6) is 0 Å². The fraction of sp³-hybridized carbons (Fsp3) is 0.769. The minimum Gasteiger partial charge on any atom is -0.339 e. The maximum atomic E-state index is 12.1. The summed E-state index contributed by atoms with van der Waals surface area (Å²) in [4.78, 5) is 14.2. The van der Waals surface area contributed by atoms with Gasteiger partial charge in [0.2, 0.25) is 5.91 Å². The Morgan fingerprint density at radius 2 is 2.13 bits per heavy atom. The minimum atomic E-state index is 0.343. The molecule has 0 bridgehead atoms. The van der Waals surface area contributed by atoms with Crippen LogP contribution >= 0.6 is 0 Å². The molecule has 0 spiro atoms. The van der Waals surface area contributed by atoms with E-state index in [9.17, 15) is 4.79 Å². The average molecular weight is 205 g/mol. The van der Waals surface area contributed by atoms with E-state index in [1.165, 1.54) is 25.7 Å². The fourth-order valence-corrected chi connectivity index (χ4v) is 2.99. The first-order valence-electron chi connectivity index (χ1n) is 6.33. The molecule has 1 atom stereocenters. The van der Waals surface area contributed by atoms with Gasteiger partial charge in [0.15, 0.2) is 0 Å². The topological polar surface area (TPSA) is 20.3 Å². The summed E-state index contributed by atoms with van der Waals surface area (Å²) >= 11 is 0. The van der Waals surface area contributed by atoms with Gasteiger partial charge in [-0.2, -0.15) is 0 Å². The van der Waals surface area contributed by atoms with Crippen molar-refractivity contribution in [3.05, 3.63) is 11.6 Å². The molecule has 0 aromatic carbocycles. The first-order valence-corrected chi connectivity index (χ1v) is 6.33. The van der Waals surface area contributed by atoms with E-state index in [-0.39, 0.29) is 0 Å². The van der Waals surface area contributed by atoms with Gasteiger partial charge in [-0.25, -0.2) is 0 Å². The number of hydrogen-bond donors (Lipinski definition) is 0. The summed E-state index contributed by atoms with van der Waals surface area (Å²) in [7, 11) is 0. The van der Waals surface area contributed by atoms with Crippen LogP contribution in [0, 0.1) is 11.8 Å². The zero-order valence-corrected chi connectivity index (χ0v) is 9.24. The number of nitrogens with zero attached hydrogens (tertiary/aromatic N) is 1. The van der Waals surface area contributed by atoms with Crippen LogP contribution in [0.2, 0.25) is 0 Å². The van der Waals surface area contributed by atoms with Crippen molar-refractivity contribution in [2.45, 2.75) is 38.5 Å². The SMILES string of the molecule is O=C(C1=CCCC1)N1CCC(C2CC2)C1. The Morgan fingerprint density at radius 3 is 2.80 bits per heavy atom. The highest BCUT2D eigenvalue weighted by Crippen LogP contribution is 2.41. The van der Waals surface area contributed by atoms with Gasteiger partial charge in [0.05, 0.1) is 0 Å². The summed E-state index contributed by atoms with van der Waals surface area (Å²) in [6.45, 7) is 2.05. The fourth-order valence-electron chi connectivity index (χ4n) is 2.99. The molecule has 1 unspecified atom stereocenters. The van der Waals surface area contributed by atoms with Crippen molar-refractivity contribution in [1.29, 1.82) is 0 Å². The third kappa shape index (κ3) is 1.82. The smallest absolute Gasteiger partial charge is 0.249 e. The molecule has 0 aromatic heterocycles. The molecule has 1 amide bonds. The molecule has 82 valence electrons.